The molecular formula is C20H22BNO4S. The van der Waals surface area contributed by atoms with Crippen LogP contribution < -0.4 is 5.46 Å². The highest BCUT2D eigenvalue weighted by Crippen LogP contribution is 2.37. The SMILES string of the molecule is CC1(C)OB(c2cccc3c2ccn3S(=O)(=O)c2ccccc2)OC1(C)C. The summed E-state index contributed by atoms with van der Waals surface area (Å²) in [5, 5.41) is 0.801. The summed E-state index contributed by atoms with van der Waals surface area (Å²) >= 11 is 0. The van der Waals surface area contributed by atoms with E-state index in [1.165, 1.54) is 3.97 Å². The first-order chi connectivity index (χ1) is 12.6. The number of benzene rings is 2. The highest BCUT2D eigenvalue weighted by molar-refractivity contribution is 7.90. The van der Waals surface area contributed by atoms with Crippen molar-refractivity contribution in [3.05, 3.63) is 60.8 Å². The Morgan fingerprint density at radius 3 is 2.11 bits per heavy atom. The van der Waals surface area contributed by atoms with E-state index in [9.17, 15) is 8.42 Å². The minimum Gasteiger partial charge on any atom is -0.399 e. The first-order valence-electron chi connectivity index (χ1n) is 8.90. The number of fused-ring (bicyclic) bond motifs is 1. The van der Waals surface area contributed by atoms with E-state index in [0.29, 0.717) is 5.52 Å². The lowest BCUT2D eigenvalue weighted by Crippen LogP contribution is -2.41. The number of nitrogens with zero attached hydrogens (tertiary/aromatic N) is 1. The predicted molar refractivity (Wildman–Crippen MR) is 107 cm³/mol. The second-order valence-electron chi connectivity index (χ2n) is 7.80. The molecule has 0 N–H and O–H groups in total. The summed E-state index contributed by atoms with van der Waals surface area (Å²) in [7, 11) is -4.22. The summed E-state index contributed by atoms with van der Waals surface area (Å²) < 4.78 is 39.7. The van der Waals surface area contributed by atoms with Crippen molar-refractivity contribution in [2.24, 2.45) is 0 Å². The predicted octanol–water partition coefficient (Wildman–Crippen LogP) is 3.18. The minimum absolute atomic E-state index is 0.253. The van der Waals surface area contributed by atoms with Crippen LogP contribution in [0.25, 0.3) is 10.9 Å². The Bertz CT molecular complexity index is 1090. The van der Waals surface area contributed by atoms with E-state index in [-0.39, 0.29) is 4.90 Å². The lowest BCUT2D eigenvalue weighted by atomic mass is 9.77. The minimum atomic E-state index is -3.67. The third kappa shape index (κ3) is 2.81. The second kappa shape index (κ2) is 5.96. The maximum absolute atomic E-state index is 13.0. The van der Waals surface area contributed by atoms with Crippen LogP contribution in [0.5, 0.6) is 0 Å². The lowest BCUT2D eigenvalue weighted by molar-refractivity contribution is 0.00578. The van der Waals surface area contributed by atoms with Crippen molar-refractivity contribution in [1.29, 1.82) is 0 Å². The fourth-order valence-corrected chi connectivity index (χ4v) is 4.63. The third-order valence-corrected chi connectivity index (χ3v) is 7.24. The third-order valence-electron chi connectivity index (χ3n) is 5.54. The van der Waals surface area contributed by atoms with Gasteiger partial charge in [-0.3, -0.25) is 0 Å². The van der Waals surface area contributed by atoms with Gasteiger partial charge in [0.2, 0.25) is 0 Å². The average molecular weight is 383 g/mol. The van der Waals surface area contributed by atoms with E-state index in [4.69, 9.17) is 9.31 Å². The Labute approximate surface area is 160 Å². The van der Waals surface area contributed by atoms with Crippen LogP contribution in [0.1, 0.15) is 27.7 Å². The van der Waals surface area contributed by atoms with Crippen LogP contribution >= 0.6 is 0 Å². The number of hydrogen-bond acceptors (Lipinski definition) is 4. The summed E-state index contributed by atoms with van der Waals surface area (Å²) in [6, 6.07) is 15.8. The highest BCUT2D eigenvalue weighted by atomic mass is 32.2. The molecule has 140 valence electrons. The molecular weight excluding hydrogens is 361 g/mol. The van der Waals surface area contributed by atoms with Crippen LogP contribution in [0.2, 0.25) is 0 Å². The lowest BCUT2D eigenvalue weighted by Gasteiger charge is -2.32. The molecule has 0 bridgehead atoms. The monoisotopic (exact) mass is 383 g/mol. The van der Waals surface area contributed by atoms with Crippen LogP contribution in [0, 0.1) is 0 Å². The Hall–Kier alpha value is -2.09. The van der Waals surface area contributed by atoms with E-state index < -0.39 is 28.3 Å². The molecule has 4 rings (SSSR count). The van der Waals surface area contributed by atoms with Crippen LogP contribution in [0.4, 0.5) is 0 Å². The van der Waals surface area contributed by atoms with Crippen LogP contribution in [0.15, 0.2) is 65.7 Å². The van der Waals surface area contributed by atoms with Gasteiger partial charge in [-0.2, -0.15) is 0 Å². The van der Waals surface area contributed by atoms with Gasteiger partial charge in [0, 0.05) is 11.6 Å². The van der Waals surface area contributed by atoms with E-state index in [0.717, 1.165) is 10.8 Å². The zero-order valence-electron chi connectivity index (χ0n) is 15.8. The van der Waals surface area contributed by atoms with Gasteiger partial charge in [-0.1, -0.05) is 30.3 Å². The van der Waals surface area contributed by atoms with E-state index in [2.05, 4.69) is 0 Å². The smallest absolute Gasteiger partial charge is 0.399 e. The van der Waals surface area contributed by atoms with Gasteiger partial charge < -0.3 is 9.31 Å². The van der Waals surface area contributed by atoms with Gasteiger partial charge in [0.05, 0.1) is 21.6 Å². The molecule has 2 aromatic carbocycles. The molecule has 1 saturated heterocycles. The van der Waals surface area contributed by atoms with Crippen molar-refractivity contribution in [2.45, 2.75) is 43.8 Å². The van der Waals surface area contributed by atoms with Gasteiger partial charge in [0.25, 0.3) is 10.0 Å². The van der Waals surface area contributed by atoms with Crippen molar-refractivity contribution in [3.8, 4) is 0 Å². The van der Waals surface area contributed by atoms with Crippen molar-refractivity contribution >= 4 is 33.5 Å². The van der Waals surface area contributed by atoms with E-state index >= 15 is 0 Å². The van der Waals surface area contributed by atoms with Gasteiger partial charge >= 0.3 is 7.12 Å². The summed E-state index contributed by atoms with van der Waals surface area (Å²) in [6.07, 6.45) is 1.59. The van der Waals surface area contributed by atoms with Crippen molar-refractivity contribution in [2.75, 3.05) is 0 Å². The van der Waals surface area contributed by atoms with E-state index in [1.807, 2.05) is 39.8 Å². The quantitative estimate of drug-likeness (QED) is 0.652. The number of aromatic nitrogens is 1. The molecule has 1 fully saturated rings. The first-order valence-corrected chi connectivity index (χ1v) is 10.3. The van der Waals surface area contributed by atoms with Crippen molar-refractivity contribution in [3.63, 3.8) is 0 Å². The van der Waals surface area contributed by atoms with Crippen LogP contribution in [-0.2, 0) is 19.3 Å². The second-order valence-corrected chi connectivity index (χ2v) is 9.61. The van der Waals surface area contributed by atoms with Gasteiger partial charge in [0.1, 0.15) is 0 Å². The van der Waals surface area contributed by atoms with Crippen LogP contribution in [0.3, 0.4) is 0 Å². The van der Waals surface area contributed by atoms with Gasteiger partial charge in [-0.25, -0.2) is 12.4 Å². The van der Waals surface area contributed by atoms with E-state index in [1.54, 1.807) is 48.7 Å². The highest BCUT2D eigenvalue weighted by Gasteiger charge is 2.52. The molecule has 0 atom stereocenters. The van der Waals surface area contributed by atoms with Gasteiger partial charge in [0.15, 0.2) is 0 Å². The number of hydrogen-bond donors (Lipinski definition) is 0. The molecule has 1 aliphatic rings. The summed E-state index contributed by atoms with van der Waals surface area (Å²) in [6.45, 7) is 7.99. The zero-order valence-corrected chi connectivity index (χ0v) is 16.7. The molecule has 3 aromatic rings. The molecule has 0 aliphatic carbocycles. The topological polar surface area (TPSA) is 57.5 Å². The van der Waals surface area contributed by atoms with Crippen molar-refractivity contribution < 1.29 is 17.7 Å². The van der Waals surface area contributed by atoms with Crippen molar-refractivity contribution in [1.82, 2.24) is 3.97 Å². The molecule has 1 aromatic heterocycles. The molecule has 27 heavy (non-hydrogen) atoms. The molecule has 0 saturated carbocycles. The molecule has 0 unspecified atom stereocenters. The normalized spacial score (nSPS) is 18.9. The Morgan fingerprint density at radius 2 is 1.48 bits per heavy atom. The Morgan fingerprint density at radius 1 is 0.852 bits per heavy atom. The molecule has 5 nitrogen and oxygen atoms in total. The molecule has 7 heteroatoms. The molecule has 0 radical (unpaired) electrons. The van der Waals surface area contributed by atoms with Crippen LogP contribution in [-0.4, -0.2) is 30.7 Å². The molecule has 0 amide bonds. The number of rotatable bonds is 3. The Balaban J connectivity index is 1.82. The largest absolute Gasteiger partial charge is 0.495 e. The fraction of sp³-hybridized carbons (Fsp3) is 0.300. The summed E-state index contributed by atoms with van der Waals surface area (Å²) in [5.41, 5.74) is 0.510. The molecule has 2 heterocycles. The average Bonchev–Trinajstić information content (AvgIpc) is 3.14. The zero-order chi connectivity index (χ0) is 19.4. The standard InChI is InChI=1S/C20H22BNO4S/c1-19(2)20(3,4)26-21(25-19)17-11-8-12-18-16(17)13-14-22(18)27(23,24)15-9-6-5-7-10-15/h5-14H,1-4H3. The molecule has 1 aliphatic heterocycles. The molecule has 0 spiro atoms. The van der Waals surface area contributed by atoms with Gasteiger partial charge in [-0.05, 0) is 57.4 Å². The van der Waals surface area contributed by atoms with Gasteiger partial charge in [-0.15, -0.1) is 0 Å². The fourth-order valence-electron chi connectivity index (χ4n) is 3.26. The maximum atomic E-state index is 13.0. The maximum Gasteiger partial charge on any atom is 0.495 e. The first kappa shape index (κ1) is 18.3. The Kier molecular flexibility index (Phi) is 4.03. The summed E-state index contributed by atoms with van der Waals surface area (Å²) in [4.78, 5) is 0.253. The summed E-state index contributed by atoms with van der Waals surface area (Å²) in [5.74, 6) is 0.